The quantitative estimate of drug-likeness (QED) is 0.544. The van der Waals surface area contributed by atoms with Crippen molar-refractivity contribution in [2.45, 2.75) is 6.92 Å². The smallest absolute Gasteiger partial charge is 0.282 e. The summed E-state index contributed by atoms with van der Waals surface area (Å²) in [6, 6.07) is 14.6. The first-order valence-electron chi connectivity index (χ1n) is 9.64. The molecule has 8 heteroatoms. The summed E-state index contributed by atoms with van der Waals surface area (Å²) in [5, 5.41) is 9.49. The molecule has 2 aliphatic rings. The van der Waals surface area contributed by atoms with E-state index in [2.05, 4.69) is 4.99 Å². The van der Waals surface area contributed by atoms with Crippen LogP contribution in [0.4, 0.5) is 0 Å². The molecule has 2 aromatic carbocycles. The molecule has 0 aliphatic carbocycles. The molecule has 0 bridgehead atoms. The van der Waals surface area contributed by atoms with Crippen LogP contribution < -0.4 is 14.2 Å². The van der Waals surface area contributed by atoms with Gasteiger partial charge in [0.05, 0.1) is 12.7 Å². The third-order valence-corrected chi connectivity index (χ3v) is 4.55. The maximum atomic E-state index is 12.3. The fourth-order valence-corrected chi connectivity index (χ4v) is 3.08. The molecule has 2 heterocycles. The summed E-state index contributed by atoms with van der Waals surface area (Å²) in [6.07, 6.45) is 3.23. The van der Waals surface area contributed by atoms with Gasteiger partial charge in [0.15, 0.2) is 23.2 Å². The van der Waals surface area contributed by atoms with Gasteiger partial charge >= 0.3 is 0 Å². The number of benzene rings is 2. The number of hydrogen-bond acceptors (Lipinski definition) is 6. The molecule has 0 saturated heterocycles. The number of allylic oxidation sites excluding steroid dienone is 1. The second-order valence-corrected chi connectivity index (χ2v) is 6.74. The Hall–Kier alpha value is -4.07. The molecule has 31 heavy (non-hydrogen) atoms. The van der Waals surface area contributed by atoms with Crippen molar-refractivity contribution in [3.8, 4) is 17.2 Å². The lowest BCUT2D eigenvalue weighted by Crippen LogP contribution is -2.38. The molecule has 2 aliphatic heterocycles. The first-order chi connectivity index (χ1) is 15.0. The van der Waals surface area contributed by atoms with Gasteiger partial charge in [0, 0.05) is 6.08 Å². The number of hydrogen-bond donors (Lipinski definition) is 1. The van der Waals surface area contributed by atoms with E-state index in [1.807, 2.05) is 24.3 Å². The Morgan fingerprint density at radius 1 is 1.06 bits per heavy atom. The highest BCUT2D eigenvalue weighted by atomic mass is 16.7. The molecule has 1 amide bonds. The number of amides is 1. The highest BCUT2D eigenvalue weighted by Crippen LogP contribution is 2.26. The Kier molecular flexibility index (Phi) is 5.70. The van der Waals surface area contributed by atoms with Crippen LogP contribution in [0.15, 0.2) is 70.9 Å². The van der Waals surface area contributed by atoms with E-state index < -0.39 is 5.91 Å². The van der Waals surface area contributed by atoms with Gasteiger partial charge in [-0.3, -0.25) is 10.2 Å². The molecule has 158 valence electrons. The Balaban J connectivity index is 1.34. The molecule has 0 saturated carbocycles. The van der Waals surface area contributed by atoms with Crippen LogP contribution in [-0.4, -0.2) is 43.0 Å². The van der Waals surface area contributed by atoms with Crippen molar-refractivity contribution in [3.63, 3.8) is 0 Å². The number of nitrogens with zero attached hydrogens (tertiary/aromatic N) is 2. The van der Waals surface area contributed by atoms with Gasteiger partial charge in [-0.05, 0) is 42.8 Å². The van der Waals surface area contributed by atoms with Crippen LogP contribution in [0.25, 0.3) is 6.08 Å². The number of rotatable bonds is 7. The molecule has 0 radical (unpaired) electrons. The summed E-state index contributed by atoms with van der Waals surface area (Å²) in [6.45, 7) is 2.46. The van der Waals surface area contributed by atoms with Gasteiger partial charge in [-0.25, -0.2) is 0 Å². The van der Waals surface area contributed by atoms with E-state index in [4.69, 9.17) is 24.5 Å². The lowest BCUT2D eigenvalue weighted by Gasteiger charge is -2.22. The zero-order valence-corrected chi connectivity index (χ0v) is 17.1. The molecule has 0 atom stereocenters. The number of methoxy groups -OCH3 is 1. The number of carbonyl (C=O) groups excluding carboxylic acids is 1. The molecule has 2 aromatic rings. The van der Waals surface area contributed by atoms with Crippen molar-refractivity contribution in [1.29, 1.82) is 5.41 Å². The average molecular weight is 419 g/mol. The number of hydroxylamine groups is 2. The normalized spacial score (nSPS) is 16.5. The highest BCUT2D eigenvalue weighted by Gasteiger charge is 2.34. The van der Waals surface area contributed by atoms with E-state index >= 15 is 0 Å². The van der Waals surface area contributed by atoms with Crippen molar-refractivity contribution >= 4 is 23.7 Å². The summed E-state index contributed by atoms with van der Waals surface area (Å²) in [5.74, 6) is 2.38. The SMILES string of the molecule is COc1ccccc1OCCOc1ccc(/C=C2/C(=N)N3OC(C)=CC3=NC2=O)cc1. The van der Waals surface area contributed by atoms with Crippen molar-refractivity contribution < 1.29 is 23.8 Å². The van der Waals surface area contributed by atoms with Crippen molar-refractivity contribution in [1.82, 2.24) is 5.06 Å². The van der Waals surface area contributed by atoms with Crippen molar-refractivity contribution in [3.05, 3.63) is 71.5 Å². The summed E-state index contributed by atoms with van der Waals surface area (Å²) < 4.78 is 16.6. The fraction of sp³-hybridized carbons (Fsp3) is 0.174. The summed E-state index contributed by atoms with van der Waals surface area (Å²) in [7, 11) is 1.60. The third-order valence-electron chi connectivity index (χ3n) is 4.55. The molecule has 0 spiro atoms. The zero-order chi connectivity index (χ0) is 21.8. The average Bonchev–Trinajstić information content (AvgIpc) is 3.15. The minimum Gasteiger partial charge on any atom is -0.493 e. The van der Waals surface area contributed by atoms with Gasteiger partial charge in [-0.2, -0.15) is 4.99 Å². The standard InChI is InChI=1S/C23H21N3O5/c1-15-13-21-25-23(27)18(22(24)26(21)31-15)14-16-7-9-17(10-8-16)29-11-12-30-20-6-4-3-5-19(20)28-2/h3-10,13-14,24H,11-12H2,1-2H3/b18-14-,24-22?. The Morgan fingerprint density at radius 3 is 2.52 bits per heavy atom. The number of nitrogens with one attached hydrogen (secondary N) is 1. The zero-order valence-electron chi connectivity index (χ0n) is 17.1. The number of para-hydroxylation sites is 2. The third kappa shape index (κ3) is 4.42. The Labute approximate surface area is 179 Å². The number of aliphatic imine (C=N–C) groups is 1. The first-order valence-corrected chi connectivity index (χ1v) is 9.64. The van der Waals surface area contributed by atoms with Crippen LogP contribution in [0, 0.1) is 5.41 Å². The maximum absolute atomic E-state index is 12.3. The second kappa shape index (κ2) is 8.74. The Bertz CT molecular complexity index is 1100. The predicted molar refractivity (Wildman–Crippen MR) is 115 cm³/mol. The van der Waals surface area contributed by atoms with E-state index in [-0.39, 0.29) is 11.4 Å². The van der Waals surface area contributed by atoms with Crippen LogP contribution in [0.3, 0.4) is 0 Å². The van der Waals surface area contributed by atoms with Gasteiger partial charge in [0.1, 0.15) is 24.7 Å². The molecule has 0 unspecified atom stereocenters. The van der Waals surface area contributed by atoms with Gasteiger partial charge in [-0.15, -0.1) is 5.06 Å². The van der Waals surface area contributed by atoms with Crippen LogP contribution in [0.5, 0.6) is 17.2 Å². The van der Waals surface area contributed by atoms with Crippen LogP contribution in [0.1, 0.15) is 12.5 Å². The predicted octanol–water partition coefficient (Wildman–Crippen LogP) is 3.60. The summed E-state index contributed by atoms with van der Waals surface area (Å²) in [5.41, 5.74) is 0.902. The maximum Gasteiger partial charge on any atom is 0.282 e. The minimum atomic E-state index is -0.473. The van der Waals surface area contributed by atoms with E-state index in [1.165, 1.54) is 5.06 Å². The van der Waals surface area contributed by atoms with Gasteiger partial charge in [0.25, 0.3) is 5.91 Å². The van der Waals surface area contributed by atoms with Crippen molar-refractivity contribution in [2.75, 3.05) is 20.3 Å². The van der Waals surface area contributed by atoms with E-state index in [9.17, 15) is 4.79 Å². The molecular formula is C23H21N3O5. The fourth-order valence-electron chi connectivity index (χ4n) is 3.08. The molecular weight excluding hydrogens is 398 g/mol. The van der Waals surface area contributed by atoms with Crippen LogP contribution in [0.2, 0.25) is 0 Å². The molecule has 8 nitrogen and oxygen atoms in total. The largest absolute Gasteiger partial charge is 0.493 e. The van der Waals surface area contributed by atoms with E-state index in [0.717, 1.165) is 5.56 Å². The summed E-state index contributed by atoms with van der Waals surface area (Å²) >= 11 is 0. The van der Waals surface area contributed by atoms with Gasteiger partial charge in [-0.1, -0.05) is 24.3 Å². The second-order valence-electron chi connectivity index (χ2n) is 6.74. The lowest BCUT2D eigenvalue weighted by atomic mass is 10.1. The molecule has 0 fully saturated rings. The summed E-state index contributed by atoms with van der Waals surface area (Å²) in [4.78, 5) is 21.7. The molecule has 0 aromatic heterocycles. The number of fused-ring (bicyclic) bond motifs is 1. The number of carbonyl (C=O) groups is 1. The molecule has 1 N–H and O–H groups in total. The van der Waals surface area contributed by atoms with E-state index in [0.29, 0.717) is 42.1 Å². The van der Waals surface area contributed by atoms with Crippen LogP contribution >= 0.6 is 0 Å². The topological polar surface area (TPSA) is 93.4 Å². The highest BCUT2D eigenvalue weighted by molar-refractivity contribution is 6.32. The minimum absolute atomic E-state index is 0.0445. The van der Waals surface area contributed by atoms with Crippen molar-refractivity contribution in [2.24, 2.45) is 4.99 Å². The molecule has 4 rings (SSSR count). The number of amidine groups is 2. The Morgan fingerprint density at radius 2 is 1.77 bits per heavy atom. The van der Waals surface area contributed by atoms with Crippen LogP contribution in [-0.2, 0) is 9.63 Å². The van der Waals surface area contributed by atoms with E-state index in [1.54, 1.807) is 50.5 Å². The monoisotopic (exact) mass is 419 g/mol. The number of ether oxygens (including phenoxy) is 3. The lowest BCUT2D eigenvalue weighted by molar-refractivity contribution is -0.114. The van der Waals surface area contributed by atoms with Gasteiger partial charge < -0.3 is 19.0 Å². The first kappa shape index (κ1) is 20.2. The van der Waals surface area contributed by atoms with Gasteiger partial charge in [0.2, 0.25) is 0 Å².